The van der Waals surface area contributed by atoms with Gasteiger partial charge in [0.05, 0.1) is 18.5 Å². The normalized spacial score (nSPS) is 11.2. The summed E-state index contributed by atoms with van der Waals surface area (Å²) < 4.78 is 33.0. The zero-order valence-electron chi connectivity index (χ0n) is 10.9. The zero-order chi connectivity index (χ0) is 15.6. The van der Waals surface area contributed by atoms with E-state index in [0.717, 1.165) is 0 Å². The van der Waals surface area contributed by atoms with E-state index in [2.05, 4.69) is 4.72 Å². The lowest BCUT2D eigenvalue weighted by Crippen LogP contribution is -2.15. The van der Waals surface area contributed by atoms with E-state index >= 15 is 0 Å². The van der Waals surface area contributed by atoms with E-state index in [9.17, 15) is 8.42 Å². The van der Waals surface area contributed by atoms with E-state index in [1.807, 2.05) is 22.6 Å². The van der Waals surface area contributed by atoms with E-state index in [-0.39, 0.29) is 10.6 Å². The second kappa shape index (κ2) is 6.29. The molecule has 0 aliphatic carbocycles. The van der Waals surface area contributed by atoms with Crippen LogP contribution >= 0.6 is 34.2 Å². The third kappa shape index (κ3) is 3.72. The summed E-state index contributed by atoms with van der Waals surface area (Å²) in [6.45, 7) is 0. The number of benzene rings is 2. The predicted molar refractivity (Wildman–Crippen MR) is 92.4 cm³/mol. The molecule has 0 fully saturated rings. The third-order valence-corrected chi connectivity index (χ3v) is 5.25. The maximum absolute atomic E-state index is 12.4. The van der Waals surface area contributed by atoms with Gasteiger partial charge >= 0.3 is 0 Å². The molecule has 5 nitrogen and oxygen atoms in total. The monoisotopic (exact) mass is 438 g/mol. The molecule has 0 radical (unpaired) electrons. The molecule has 21 heavy (non-hydrogen) atoms. The van der Waals surface area contributed by atoms with Crippen molar-refractivity contribution in [1.82, 2.24) is 0 Å². The van der Waals surface area contributed by atoms with E-state index < -0.39 is 10.0 Å². The number of sulfonamides is 1. The van der Waals surface area contributed by atoms with Gasteiger partial charge in [0, 0.05) is 14.7 Å². The average molecular weight is 439 g/mol. The first-order valence-electron chi connectivity index (χ1n) is 5.75. The van der Waals surface area contributed by atoms with Gasteiger partial charge in [-0.1, -0.05) is 11.6 Å². The molecule has 0 saturated carbocycles. The maximum atomic E-state index is 12.4. The van der Waals surface area contributed by atoms with Gasteiger partial charge in [0.25, 0.3) is 10.0 Å². The number of hydrogen-bond donors (Lipinski definition) is 2. The fraction of sp³-hybridized carbons (Fsp3) is 0.0769. The molecule has 0 atom stereocenters. The Balaban J connectivity index is 2.38. The van der Waals surface area contributed by atoms with Gasteiger partial charge in [-0.2, -0.15) is 0 Å². The molecule has 0 aliphatic rings. The third-order valence-electron chi connectivity index (χ3n) is 2.68. The van der Waals surface area contributed by atoms with Gasteiger partial charge in [0.15, 0.2) is 0 Å². The van der Waals surface area contributed by atoms with Crippen molar-refractivity contribution >= 4 is 55.6 Å². The van der Waals surface area contributed by atoms with Gasteiger partial charge in [-0.25, -0.2) is 8.42 Å². The van der Waals surface area contributed by atoms with Crippen LogP contribution in [0.15, 0.2) is 41.3 Å². The topological polar surface area (TPSA) is 81.4 Å². The zero-order valence-corrected chi connectivity index (χ0v) is 14.7. The molecule has 8 heteroatoms. The minimum atomic E-state index is -3.78. The number of nitrogens with one attached hydrogen (secondary N) is 1. The van der Waals surface area contributed by atoms with E-state index in [4.69, 9.17) is 22.1 Å². The Kier molecular flexibility index (Phi) is 4.84. The molecule has 112 valence electrons. The second-order valence-corrected chi connectivity index (χ2v) is 7.38. The Morgan fingerprint density at radius 2 is 1.95 bits per heavy atom. The van der Waals surface area contributed by atoms with Gasteiger partial charge in [0.2, 0.25) is 0 Å². The molecule has 0 saturated heterocycles. The molecule has 0 spiro atoms. The highest BCUT2D eigenvalue weighted by atomic mass is 127. The standard InChI is InChI=1S/C13H12ClIN2O3S/c1-20-9-3-5-13(11(16)7-9)21(18,19)17-12-4-2-8(14)6-10(12)15/h2-7,17H,16H2,1H3. The molecule has 0 amide bonds. The number of anilines is 2. The molecule has 2 rings (SSSR count). The van der Waals surface area contributed by atoms with Crippen molar-refractivity contribution in [3.05, 3.63) is 45.0 Å². The Morgan fingerprint density at radius 3 is 2.52 bits per heavy atom. The van der Waals surface area contributed by atoms with Crippen LogP contribution in [0.5, 0.6) is 5.75 Å². The van der Waals surface area contributed by atoms with Gasteiger partial charge in [-0.3, -0.25) is 4.72 Å². The molecular weight excluding hydrogens is 427 g/mol. The summed E-state index contributed by atoms with van der Waals surface area (Å²) in [5, 5.41) is 0.534. The fourth-order valence-corrected chi connectivity index (χ4v) is 4.05. The van der Waals surface area contributed by atoms with Crippen LogP contribution in [0.4, 0.5) is 11.4 Å². The van der Waals surface area contributed by atoms with Crippen molar-refractivity contribution in [2.75, 3.05) is 17.6 Å². The minimum absolute atomic E-state index is 0.00551. The number of rotatable bonds is 4. The summed E-state index contributed by atoms with van der Waals surface area (Å²) >= 11 is 7.85. The van der Waals surface area contributed by atoms with Gasteiger partial charge in [0.1, 0.15) is 10.6 Å². The highest BCUT2D eigenvalue weighted by Gasteiger charge is 2.19. The van der Waals surface area contributed by atoms with Gasteiger partial charge in [-0.15, -0.1) is 0 Å². The first kappa shape index (κ1) is 16.2. The summed E-state index contributed by atoms with van der Waals surface area (Å²) in [5.74, 6) is 0.493. The Hall–Kier alpha value is -1.19. The summed E-state index contributed by atoms with van der Waals surface area (Å²) in [6.07, 6.45) is 0. The van der Waals surface area contributed by atoms with Crippen molar-refractivity contribution in [3.8, 4) is 5.75 Å². The Labute approximate surface area is 141 Å². The molecule has 0 aliphatic heterocycles. The first-order valence-corrected chi connectivity index (χ1v) is 8.69. The largest absolute Gasteiger partial charge is 0.497 e. The molecule has 0 aromatic heterocycles. The van der Waals surface area contributed by atoms with E-state index in [1.54, 1.807) is 18.2 Å². The van der Waals surface area contributed by atoms with Crippen LogP contribution in [0.3, 0.4) is 0 Å². The lowest BCUT2D eigenvalue weighted by atomic mass is 10.3. The highest BCUT2D eigenvalue weighted by Crippen LogP contribution is 2.28. The molecule has 2 aromatic carbocycles. The number of halogens is 2. The summed E-state index contributed by atoms with van der Waals surface area (Å²) in [5.41, 5.74) is 6.33. The van der Waals surface area contributed by atoms with Crippen LogP contribution < -0.4 is 15.2 Å². The van der Waals surface area contributed by atoms with Crippen LogP contribution in [0.25, 0.3) is 0 Å². The van der Waals surface area contributed by atoms with Crippen molar-refractivity contribution in [3.63, 3.8) is 0 Å². The lowest BCUT2D eigenvalue weighted by molar-refractivity contribution is 0.414. The SMILES string of the molecule is COc1ccc(S(=O)(=O)Nc2ccc(Cl)cc2I)c(N)c1. The van der Waals surface area contributed by atoms with Crippen molar-refractivity contribution < 1.29 is 13.2 Å². The van der Waals surface area contributed by atoms with Crippen LogP contribution in [0.1, 0.15) is 0 Å². The van der Waals surface area contributed by atoms with Crippen LogP contribution in [0, 0.1) is 3.57 Å². The number of methoxy groups -OCH3 is 1. The van der Waals surface area contributed by atoms with Crippen LogP contribution in [-0.2, 0) is 10.0 Å². The number of hydrogen-bond acceptors (Lipinski definition) is 4. The molecule has 3 N–H and O–H groups in total. The van der Waals surface area contributed by atoms with Crippen molar-refractivity contribution in [1.29, 1.82) is 0 Å². The maximum Gasteiger partial charge on any atom is 0.263 e. The first-order chi connectivity index (χ1) is 9.83. The number of nitrogens with two attached hydrogens (primary N) is 1. The van der Waals surface area contributed by atoms with Gasteiger partial charge < -0.3 is 10.5 Å². The summed E-state index contributed by atoms with van der Waals surface area (Å²) in [4.78, 5) is -0.00551. The quantitative estimate of drug-likeness (QED) is 0.567. The molecule has 0 unspecified atom stereocenters. The van der Waals surface area contributed by atoms with Gasteiger partial charge in [-0.05, 0) is 52.9 Å². The minimum Gasteiger partial charge on any atom is -0.497 e. The fourth-order valence-electron chi connectivity index (χ4n) is 1.67. The second-order valence-electron chi connectivity index (χ2n) is 4.13. The summed E-state index contributed by atoms with van der Waals surface area (Å²) in [7, 11) is -2.30. The number of ether oxygens (including phenoxy) is 1. The smallest absolute Gasteiger partial charge is 0.263 e. The Bertz CT molecular complexity index is 781. The van der Waals surface area contributed by atoms with Crippen LogP contribution in [0.2, 0.25) is 5.02 Å². The summed E-state index contributed by atoms with van der Waals surface area (Å²) in [6, 6.07) is 9.27. The van der Waals surface area contributed by atoms with Crippen molar-refractivity contribution in [2.45, 2.75) is 4.90 Å². The lowest BCUT2D eigenvalue weighted by Gasteiger charge is -2.12. The highest BCUT2D eigenvalue weighted by molar-refractivity contribution is 14.1. The van der Waals surface area contributed by atoms with Crippen molar-refractivity contribution in [2.24, 2.45) is 0 Å². The molecule has 0 heterocycles. The van der Waals surface area contributed by atoms with E-state index in [1.165, 1.54) is 25.3 Å². The number of nitrogen functional groups attached to an aromatic ring is 1. The molecule has 0 bridgehead atoms. The molecular formula is C13H12ClIN2O3S. The molecule has 2 aromatic rings. The average Bonchev–Trinajstić information content (AvgIpc) is 2.41. The van der Waals surface area contributed by atoms with Crippen LogP contribution in [-0.4, -0.2) is 15.5 Å². The predicted octanol–water partition coefficient (Wildman–Crippen LogP) is 3.34. The van der Waals surface area contributed by atoms with E-state index in [0.29, 0.717) is 20.0 Å². The Morgan fingerprint density at radius 1 is 1.24 bits per heavy atom.